The molecular weight excluding hydrogens is 476 g/mol. The number of nitrogens with one attached hydrogen (secondary N) is 1. The van der Waals surface area contributed by atoms with Crippen molar-refractivity contribution in [3.63, 3.8) is 0 Å². The zero-order valence-corrected chi connectivity index (χ0v) is 20.4. The summed E-state index contributed by atoms with van der Waals surface area (Å²) >= 11 is 0. The molecule has 0 saturated carbocycles. The summed E-state index contributed by atoms with van der Waals surface area (Å²) < 4.78 is 32.7. The standard InChI is InChI=1S/C22H26N6O6S/c1-13-5-7-14(8-6-13)35(32,33)27-10-9-15-18(16(28(30)31)11-24-20(15)27)25-26-12-17(34-21(23)29)19(26)22(2,3)4/h5-11,17,19H,12H2,1-4H3,(H2,23,29)(H,24,25). The van der Waals surface area contributed by atoms with Crippen molar-refractivity contribution in [2.45, 2.75) is 44.7 Å². The van der Waals surface area contributed by atoms with E-state index in [1.54, 1.807) is 17.1 Å². The van der Waals surface area contributed by atoms with Crippen molar-refractivity contribution >= 4 is 38.5 Å². The van der Waals surface area contributed by atoms with Gasteiger partial charge in [0.25, 0.3) is 10.0 Å². The van der Waals surface area contributed by atoms with E-state index in [2.05, 4.69) is 10.4 Å². The van der Waals surface area contributed by atoms with E-state index < -0.39 is 27.1 Å². The molecule has 1 fully saturated rings. The number of aromatic nitrogens is 2. The van der Waals surface area contributed by atoms with Crippen LogP contribution in [0.15, 0.2) is 47.6 Å². The number of nitrogens with zero attached hydrogens (tertiary/aromatic N) is 4. The zero-order chi connectivity index (χ0) is 25.7. The third-order valence-electron chi connectivity index (χ3n) is 5.91. The third-order valence-corrected chi connectivity index (χ3v) is 7.59. The topological polar surface area (TPSA) is 163 Å². The first-order valence-corrected chi connectivity index (χ1v) is 12.2. The maximum Gasteiger partial charge on any atom is 0.404 e. The number of nitro groups is 1. The van der Waals surface area contributed by atoms with E-state index in [4.69, 9.17) is 10.5 Å². The quantitative estimate of drug-likeness (QED) is 0.381. The van der Waals surface area contributed by atoms with Gasteiger partial charge in [-0.15, -0.1) is 0 Å². The van der Waals surface area contributed by atoms with Crippen molar-refractivity contribution in [2.24, 2.45) is 11.1 Å². The van der Waals surface area contributed by atoms with Crippen LogP contribution in [0.3, 0.4) is 0 Å². The molecular formula is C22H26N6O6S. The second kappa shape index (κ2) is 8.50. The lowest BCUT2D eigenvalue weighted by Crippen LogP contribution is -2.68. The molecule has 3 heterocycles. The Bertz CT molecular complexity index is 1410. The van der Waals surface area contributed by atoms with Gasteiger partial charge in [0, 0.05) is 6.20 Å². The van der Waals surface area contributed by atoms with Crippen LogP contribution in [-0.2, 0) is 14.8 Å². The minimum absolute atomic E-state index is 0.0384. The largest absolute Gasteiger partial charge is 0.443 e. The molecule has 1 aliphatic rings. The Morgan fingerprint density at radius 3 is 2.49 bits per heavy atom. The highest BCUT2D eigenvalue weighted by molar-refractivity contribution is 7.90. The number of carbonyl (C=O) groups excluding carboxylic acids is 1. The molecule has 2 atom stereocenters. The lowest BCUT2D eigenvalue weighted by Gasteiger charge is -2.52. The van der Waals surface area contributed by atoms with Crippen LogP contribution >= 0.6 is 0 Å². The molecule has 1 aliphatic heterocycles. The highest BCUT2D eigenvalue weighted by atomic mass is 32.2. The summed E-state index contributed by atoms with van der Waals surface area (Å²) in [5.74, 6) is 0. The van der Waals surface area contributed by atoms with Crippen LogP contribution in [0.1, 0.15) is 26.3 Å². The first-order chi connectivity index (χ1) is 16.3. The van der Waals surface area contributed by atoms with E-state index in [1.807, 2.05) is 27.7 Å². The van der Waals surface area contributed by atoms with Crippen LogP contribution in [0.5, 0.6) is 0 Å². The number of primary amides is 1. The van der Waals surface area contributed by atoms with Gasteiger partial charge in [0.2, 0.25) is 0 Å². The number of carbonyl (C=O) groups is 1. The van der Waals surface area contributed by atoms with Gasteiger partial charge in [-0.2, -0.15) is 0 Å². The first kappa shape index (κ1) is 24.4. The van der Waals surface area contributed by atoms with Crippen molar-refractivity contribution in [3.05, 3.63) is 58.4 Å². The fourth-order valence-corrected chi connectivity index (χ4v) is 5.63. The second-order valence-corrected chi connectivity index (χ2v) is 11.3. The molecule has 12 nitrogen and oxygen atoms in total. The summed E-state index contributed by atoms with van der Waals surface area (Å²) in [6, 6.07) is 7.47. The maximum absolute atomic E-state index is 13.3. The number of aryl methyl sites for hydroxylation is 1. The van der Waals surface area contributed by atoms with Gasteiger partial charge in [0.05, 0.1) is 27.8 Å². The van der Waals surface area contributed by atoms with Crippen LogP contribution < -0.4 is 11.2 Å². The Balaban J connectivity index is 1.77. The molecule has 1 amide bonds. The van der Waals surface area contributed by atoms with E-state index in [9.17, 15) is 23.3 Å². The minimum Gasteiger partial charge on any atom is -0.443 e. The molecule has 1 saturated heterocycles. The van der Waals surface area contributed by atoms with E-state index in [-0.39, 0.29) is 45.3 Å². The first-order valence-electron chi connectivity index (χ1n) is 10.8. The summed E-state index contributed by atoms with van der Waals surface area (Å²) in [7, 11) is -3.99. The predicted molar refractivity (Wildman–Crippen MR) is 128 cm³/mol. The molecule has 1 aromatic carbocycles. The number of hydrogen-bond acceptors (Lipinski definition) is 9. The van der Waals surface area contributed by atoms with Crippen LogP contribution in [0.2, 0.25) is 0 Å². The monoisotopic (exact) mass is 502 g/mol. The van der Waals surface area contributed by atoms with Gasteiger partial charge in [0.1, 0.15) is 18.0 Å². The molecule has 0 bridgehead atoms. The number of pyridine rings is 1. The van der Waals surface area contributed by atoms with Crippen LogP contribution in [0.4, 0.5) is 16.2 Å². The average molecular weight is 503 g/mol. The van der Waals surface area contributed by atoms with E-state index in [0.29, 0.717) is 0 Å². The lowest BCUT2D eigenvalue weighted by molar-refractivity contribution is -0.384. The van der Waals surface area contributed by atoms with E-state index >= 15 is 0 Å². The highest BCUT2D eigenvalue weighted by Crippen LogP contribution is 2.39. The molecule has 0 aliphatic carbocycles. The van der Waals surface area contributed by atoms with E-state index in [0.717, 1.165) is 15.7 Å². The number of anilines is 1. The number of nitrogens with two attached hydrogens (primary N) is 1. The number of hydrogen-bond donors (Lipinski definition) is 2. The van der Waals surface area contributed by atoms with E-state index in [1.165, 1.54) is 24.4 Å². The van der Waals surface area contributed by atoms with Gasteiger partial charge in [-0.3, -0.25) is 10.1 Å². The van der Waals surface area contributed by atoms with Gasteiger partial charge in [0.15, 0.2) is 5.65 Å². The molecule has 186 valence electrons. The molecule has 3 aromatic rings. The van der Waals surface area contributed by atoms with Crippen molar-refractivity contribution in [2.75, 3.05) is 12.0 Å². The van der Waals surface area contributed by atoms with Gasteiger partial charge < -0.3 is 15.9 Å². The maximum atomic E-state index is 13.3. The smallest absolute Gasteiger partial charge is 0.404 e. The van der Waals surface area contributed by atoms with Gasteiger partial charge >= 0.3 is 11.8 Å². The van der Waals surface area contributed by atoms with Crippen molar-refractivity contribution < 1.29 is 22.9 Å². The summed E-state index contributed by atoms with van der Waals surface area (Å²) in [5, 5.41) is 13.8. The second-order valence-electron chi connectivity index (χ2n) is 9.49. The molecule has 0 radical (unpaired) electrons. The number of ether oxygens (including phenoxy) is 1. The Morgan fingerprint density at radius 1 is 1.26 bits per heavy atom. The normalized spacial score (nSPS) is 18.7. The number of rotatable bonds is 6. The minimum atomic E-state index is -3.99. The number of hydrazine groups is 1. The van der Waals surface area contributed by atoms with Crippen LogP contribution in [0.25, 0.3) is 11.0 Å². The molecule has 4 rings (SSSR count). The number of benzene rings is 1. The van der Waals surface area contributed by atoms with Crippen LogP contribution in [0, 0.1) is 22.5 Å². The van der Waals surface area contributed by atoms with Crippen LogP contribution in [-0.4, -0.2) is 52.1 Å². The third kappa shape index (κ3) is 4.39. The van der Waals surface area contributed by atoms with Crippen molar-refractivity contribution in [3.8, 4) is 0 Å². The average Bonchev–Trinajstić information content (AvgIpc) is 3.16. The SMILES string of the molecule is Cc1ccc(S(=O)(=O)n2ccc3c(NN4CC(OC(N)=O)C4C(C)(C)C)c([N+](=O)[O-])cnc32)cc1. The molecule has 0 spiro atoms. The Hall–Kier alpha value is -3.71. The summed E-state index contributed by atoms with van der Waals surface area (Å²) in [4.78, 5) is 26.7. The fourth-order valence-electron chi connectivity index (χ4n) is 4.33. The van der Waals surface area contributed by atoms with Crippen molar-refractivity contribution in [1.29, 1.82) is 0 Å². The molecule has 2 aromatic heterocycles. The summed E-state index contributed by atoms with van der Waals surface area (Å²) in [6.45, 7) is 7.88. The summed E-state index contributed by atoms with van der Waals surface area (Å²) in [6.07, 6.45) is 0.926. The fraction of sp³-hybridized carbons (Fsp3) is 0.364. The molecule has 35 heavy (non-hydrogen) atoms. The Kier molecular flexibility index (Phi) is 5.93. The highest BCUT2D eigenvalue weighted by Gasteiger charge is 2.49. The predicted octanol–water partition coefficient (Wildman–Crippen LogP) is 3.01. The van der Waals surface area contributed by atoms with Gasteiger partial charge in [-0.1, -0.05) is 38.5 Å². The zero-order valence-electron chi connectivity index (χ0n) is 19.6. The Labute approximate surface area is 201 Å². The Morgan fingerprint density at radius 2 is 1.91 bits per heavy atom. The summed E-state index contributed by atoms with van der Waals surface area (Å²) in [5.41, 5.74) is 8.57. The number of amides is 1. The molecule has 2 unspecified atom stereocenters. The van der Waals surface area contributed by atoms with Gasteiger partial charge in [-0.25, -0.2) is 27.2 Å². The van der Waals surface area contributed by atoms with Gasteiger partial charge in [-0.05, 0) is 30.5 Å². The number of fused-ring (bicyclic) bond motifs is 1. The molecule has 13 heteroatoms. The lowest BCUT2D eigenvalue weighted by atomic mass is 9.78. The van der Waals surface area contributed by atoms with Crippen molar-refractivity contribution in [1.82, 2.24) is 14.0 Å². The molecule has 3 N–H and O–H groups in total.